The predicted octanol–water partition coefficient (Wildman–Crippen LogP) is 5.49. The Morgan fingerprint density at radius 2 is 2.00 bits per heavy atom. The zero-order valence-corrected chi connectivity index (χ0v) is 15.9. The van der Waals surface area contributed by atoms with Gasteiger partial charge >= 0.3 is 0 Å². The fraction of sp³-hybridized carbons (Fsp3) is 0.318. The molecule has 1 aliphatic rings. The lowest BCUT2D eigenvalue weighted by atomic mass is 9.90. The highest BCUT2D eigenvalue weighted by atomic mass is 16.5. The Balaban J connectivity index is 0.00000109. The monoisotopic (exact) mass is 336 g/mol. The Morgan fingerprint density at radius 3 is 2.68 bits per heavy atom. The van der Waals surface area contributed by atoms with Crippen molar-refractivity contribution in [3.63, 3.8) is 0 Å². The van der Waals surface area contributed by atoms with Gasteiger partial charge in [0.25, 0.3) is 0 Å². The van der Waals surface area contributed by atoms with Crippen molar-refractivity contribution < 1.29 is 4.74 Å². The Bertz CT molecular complexity index is 791. The fourth-order valence-corrected chi connectivity index (χ4v) is 3.04. The average molecular weight is 336 g/mol. The summed E-state index contributed by atoms with van der Waals surface area (Å²) in [6, 6.07) is 8.23. The first kappa shape index (κ1) is 18.8. The van der Waals surface area contributed by atoms with Gasteiger partial charge in [-0.25, -0.2) is 0 Å². The number of rotatable bonds is 4. The van der Waals surface area contributed by atoms with Gasteiger partial charge in [-0.3, -0.25) is 4.98 Å². The summed E-state index contributed by atoms with van der Waals surface area (Å²) >= 11 is 0. The molecule has 25 heavy (non-hydrogen) atoms. The van der Waals surface area contributed by atoms with Crippen LogP contribution in [0.2, 0.25) is 0 Å². The van der Waals surface area contributed by atoms with Gasteiger partial charge in [0.2, 0.25) is 0 Å². The number of allylic oxidation sites excluding steroid dienone is 1. The van der Waals surface area contributed by atoms with Gasteiger partial charge < -0.3 is 10.1 Å². The number of hydrogen-bond donors (Lipinski definition) is 1. The third-order valence-electron chi connectivity index (χ3n) is 4.24. The molecule has 1 aromatic carbocycles. The number of fused-ring (bicyclic) bond motifs is 1. The van der Waals surface area contributed by atoms with Crippen LogP contribution in [0.4, 0.5) is 5.69 Å². The van der Waals surface area contributed by atoms with E-state index in [1.165, 1.54) is 11.3 Å². The maximum absolute atomic E-state index is 5.37. The molecule has 1 heterocycles. The highest BCUT2D eigenvalue weighted by Crippen LogP contribution is 2.34. The number of aromatic nitrogens is 1. The van der Waals surface area contributed by atoms with Crippen LogP contribution in [0.25, 0.3) is 11.6 Å². The van der Waals surface area contributed by atoms with Crippen LogP contribution in [-0.4, -0.2) is 19.1 Å². The first-order valence-corrected chi connectivity index (χ1v) is 8.86. The van der Waals surface area contributed by atoms with E-state index in [-0.39, 0.29) is 0 Å². The smallest absolute Gasteiger partial charge is 0.141 e. The molecule has 3 heteroatoms. The Kier molecular flexibility index (Phi) is 6.40. The molecule has 132 valence electrons. The van der Waals surface area contributed by atoms with Crippen LogP contribution in [0.1, 0.15) is 48.3 Å². The minimum Gasteiger partial charge on any atom is -0.495 e. The summed E-state index contributed by atoms with van der Waals surface area (Å²) in [5, 5.41) is 3.17. The number of ether oxygens (including phenoxy) is 1. The van der Waals surface area contributed by atoms with Crippen LogP contribution in [0.15, 0.2) is 36.9 Å². The van der Waals surface area contributed by atoms with Crippen molar-refractivity contribution in [3.05, 3.63) is 65.0 Å². The van der Waals surface area contributed by atoms with E-state index in [1.54, 1.807) is 7.11 Å². The van der Waals surface area contributed by atoms with Gasteiger partial charge in [-0.1, -0.05) is 38.6 Å². The van der Waals surface area contributed by atoms with Crippen LogP contribution >= 0.6 is 0 Å². The van der Waals surface area contributed by atoms with E-state index in [9.17, 15) is 0 Å². The van der Waals surface area contributed by atoms with Crippen LogP contribution in [0.3, 0.4) is 0 Å². The van der Waals surface area contributed by atoms with Crippen LogP contribution in [-0.2, 0) is 6.42 Å². The van der Waals surface area contributed by atoms with Gasteiger partial charge in [0.05, 0.1) is 12.8 Å². The molecule has 0 unspecified atom stereocenters. The lowest BCUT2D eigenvalue weighted by Crippen LogP contribution is -2.04. The predicted molar refractivity (Wildman–Crippen MR) is 108 cm³/mol. The van der Waals surface area contributed by atoms with E-state index >= 15 is 0 Å². The summed E-state index contributed by atoms with van der Waals surface area (Å²) in [5.74, 6) is 0.830. The van der Waals surface area contributed by atoms with Gasteiger partial charge in [-0.05, 0) is 54.7 Å². The summed E-state index contributed by atoms with van der Waals surface area (Å²) in [6.07, 6.45) is 6.44. The molecule has 0 fully saturated rings. The van der Waals surface area contributed by atoms with E-state index in [0.717, 1.165) is 46.7 Å². The molecular weight excluding hydrogens is 308 g/mol. The normalized spacial score (nSPS) is 11.9. The molecule has 0 bridgehead atoms. The summed E-state index contributed by atoms with van der Waals surface area (Å²) < 4.78 is 5.37. The summed E-state index contributed by atoms with van der Waals surface area (Å²) in [7, 11) is 3.57. The molecule has 0 saturated carbocycles. The summed E-state index contributed by atoms with van der Waals surface area (Å²) in [5.41, 5.74) is 7.63. The standard InChI is InChI=1S/C20H22N2O.C2H6/c1-13-11-17(16-7-5-6-8-18(16)22-13)14(2)15-9-10-20(23-4)19(12-15)21-3;1-2/h5,7,9-12,21H,2,6,8H2,1,3-4H3;1-2H3. The van der Waals surface area contributed by atoms with Crippen molar-refractivity contribution in [1.29, 1.82) is 0 Å². The van der Waals surface area contributed by atoms with E-state index in [0.29, 0.717) is 0 Å². The molecular formula is C22H28N2O. The van der Waals surface area contributed by atoms with E-state index in [1.807, 2.05) is 33.9 Å². The van der Waals surface area contributed by atoms with Crippen molar-refractivity contribution >= 4 is 17.3 Å². The van der Waals surface area contributed by atoms with Crippen molar-refractivity contribution in [2.75, 3.05) is 19.5 Å². The fourth-order valence-electron chi connectivity index (χ4n) is 3.04. The van der Waals surface area contributed by atoms with Gasteiger partial charge in [-0.15, -0.1) is 0 Å². The first-order chi connectivity index (χ1) is 12.1. The second kappa shape index (κ2) is 8.52. The molecule has 0 spiro atoms. The second-order valence-electron chi connectivity index (χ2n) is 5.76. The molecule has 1 aromatic heterocycles. The van der Waals surface area contributed by atoms with E-state index in [4.69, 9.17) is 4.74 Å². The minimum atomic E-state index is 0.830. The second-order valence-corrected chi connectivity index (χ2v) is 5.76. The molecule has 1 aliphatic carbocycles. The first-order valence-electron chi connectivity index (χ1n) is 8.86. The third kappa shape index (κ3) is 3.93. The number of nitrogens with one attached hydrogen (secondary N) is 1. The van der Waals surface area contributed by atoms with Crippen molar-refractivity contribution in [2.45, 2.75) is 33.6 Å². The maximum Gasteiger partial charge on any atom is 0.141 e. The highest BCUT2D eigenvalue weighted by molar-refractivity contribution is 5.85. The number of hydrogen-bond acceptors (Lipinski definition) is 3. The number of methoxy groups -OCH3 is 1. The number of anilines is 1. The molecule has 0 amide bonds. The summed E-state index contributed by atoms with van der Waals surface area (Å²) in [6.45, 7) is 10.4. The molecule has 0 saturated heterocycles. The molecule has 1 N–H and O–H groups in total. The Morgan fingerprint density at radius 1 is 1.24 bits per heavy atom. The van der Waals surface area contributed by atoms with Crippen molar-refractivity contribution in [3.8, 4) is 5.75 Å². The van der Waals surface area contributed by atoms with Crippen molar-refractivity contribution in [2.24, 2.45) is 0 Å². The molecule has 3 rings (SSSR count). The Labute approximate surface area is 151 Å². The van der Waals surface area contributed by atoms with Crippen LogP contribution in [0, 0.1) is 6.92 Å². The lowest BCUT2D eigenvalue weighted by molar-refractivity contribution is 0.416. The van der Waals surface area contributed by atoms with Crippen LogP contribution < -0.4 is 10.1 Å². The molecule has 0 atom stereocenters. The SMILES string of the molecule is C=C(c1ccc(OC)c(NC)c1)c1cc(C)nc2c1C=CCC2.CC. The van der Waals surface area contributed by atoms with Gasteiger partial charge in [0.15, 0.2) is 0 Å². The Hall–Kier alpha value is -2.55. The van der Waals surface area contributed by atoms with E-state index in [2.05, 4.69) is 47.2 Å². The topological polar surface area (TPSA) is 34.1 Å². The molecule has 0 aliphatic heterocycles. The van der Waals surface area contributed by atoms with Gasteiger partial charge in [-0.2, -0.15) is 0 Å². The lowest BCUT2D eigenvalue weighted by Gasteiger charge is -2.18. The number of pyridine rings is 1. The number of benzene rings is 1. The van der Waals surface area contributed by atoms with Crippen molar-refractivity contribution in [1.82, 2.24) is 4.98 Å². The zero-order chi connectivity index (χ0) is 18.4. The molecule has 3 nitrogen and oxygen atoms in total. The van der Waals surface area contributed by atoms with Gasteiger partial charge in [0.1, 0.15) is 5.75 Å². The number of aryl methyl sites for hydroxylation is 2. The molecule has 0 radical (unpaired) electrons. The zero-order valence-electron chi connectivity index (χ0n) is 15.9. The van der Waals surface area contributed by atoms with Crippen LogP contribution in [0.5, 0.6) is 5.75 Å². The summed E-state index contributed by atoms with van der Waals surface area (Å²) in [4.78, 5) is 4.69. The minimum absolute atomic E-state index is 0.830. The quantitative estimate of drug-likeness (QED) is 0.802. The van der Waals surface area contributed by atoms with Gasteiger partial charge in [0, 0.05) is 24.0 Å². The van der Waals surface area contributed by atoms with E-state index < -0.39 is 0 Å². The third-order valence-corrected chi connectivity index (χ3v) is 4.24. The average Bonchev–Trinajstić information content (AvgIpc) is 2.67. The molecule has 2 aromatic rings. The number of nitrogens with zero attached hydrogens (tertiary/aromatic N) is 1. The maximum atomic E-state index is 5.37. The highest BCUT2D eigenvalue weighted by Gasteiger charge is 2.15. The largest absolute Gasteiger partial charge is 0.495 e.